The van der Waals surface area contributed by atoms with Crippen molar-refractivity contribution in [3.05, 3.63) is 0 Å². The van der Waals surface area contributed by atoms with Crippen LogP contribution in [0.3, 0.4) is 0 Å². The van der Waals surface area contributed by atoms with Gasteiger partial charge in [0.2, 0.25) is 0 Å². The minimum absolute atomic E-state index is 0.0799. The second kappa shape index (κ2) is 8.77. The molecule has 0 radical (unpaired) electrons. The fraction of sp³-hybridized carbons (Fsp3) is 0.857. The van der Waals surface area contributed by atoms with Gasteiger partial charge >= 0.3 is 12.0 Å². The Balaban J connectivity index is 4.64. The van der Waals surface area contributed by atoms with Crippen LogP contribution < -0.4 is 5.32 Å². The molecule has 3 unspecified atom stereocenters. The van der Waals surface area contributed by atoms with Gasteiger partial charge in [0.05, 0.1) is 0 Å². The molecule has 0 heterocycles. The lowest BCUT2D eigenvalue weighted by Gasteiger charge is -2.28. The predicted molar refractivity (Wildman–Crippen MR) is 76.1 cm³/mol. The van der Waals surface area contributed by atoms with Crippen LogP contribution in [0.4, 0.5) is 4.79 Å². The zero-order chi connectivity index (χ0) is 15.0. The average Bonchev–Trinajstić information content (AvgIpc) is 2.40. The fourth-order valence-corrected chi connectivity index (χ4v) is 1.77. The molecular weight excluding hydrogens is 244 g/mol. The molecule has 3 atom stereocenters. The van der Waals surface area contributed by atoms with Crippen LogP contribution in [0.15, 0.2) is 0 Å². The van der Waals surface area contributed by atoms with Gasteiger partial charge in [-0.3, -0.25) is 0 Å². The number of rotatable bonds is 8. The van der Waals surface area contributed by atoms with E-state index in [1.165, 1.54) is 0 Å². The van der Waals surface area contributed by atoms with Crippen molar-refractivity contribution in [3.63, 3.8) is 0 Å². The molecule has 0 bridgehead atoms. The van der Waals surface area contributed by atoms with E-state index in [9.17, 15) is 14.7 Å². The molecule has 19 heavy (non-hydrogen) atoms. The third-order valence-corrected chi connectivity index (χ3v) is 3.66. The summed E-state index contributed by atoms with van der Waals surface area (Å²) in [6.45, 7) is 11.1. The summed E-state index contributed by atoms with van der Waals surface area (Å²) >= 11 is 0. The van der Waals surface area contributed by atoms with Crippen molar-refractivity contribution in [1.29, 1.82) is 0 Å². The van der Waals surface area contributed by atoms with Crippen LogP contribution in [0.25, 0.3) is 0 Å². The largest absolute Gasteiger partial charge is 0.480 e. The van der Waals surface area contributed by atoms with Crippen LogP contribution in [0.1, 0.15) is 47.5 Å². The molecule has 0 fully saturated rings. The van der Waals surface area contributed by atoms with Crippen LogP contribution in [-0.2, 0) is 4.79 Å². The Labute approximate surface area is 116 Å². The van der Waals surface area contributed by atoms with E-state index in [4.69, 9.17) is 0 Å². The number of carbonyl (C=O) groups excluding carboxylic acids is 1. The summed E-state index contributed by atoms with van der Waals surface area (Å²) in [5.41, 5.74) is 0. The smallest absolute Gasteiger partial charge is 0.326 e. The highest BCUT2D eigenvalue weighted by Gasteiger charge is 2.27. The summed E-state index contributed by atoms with van der Waals surface area (Å²) < 4.78 is 0. The zero-order valence-electron chi connectivity index (χ0n) is 12.8. The third-order valence-electron chi connectivity index (χ3n) is 3.66. The maximum absolute atomic E-state index is 12.1. The Bertz CT molecular complexity index is 294. The lowest BCUT2D eigenvalue weighted by Crippen LogP contribution is -2.51. The standard InChI is InChI=1S/C14H28N2O3/c1-6-10(4)9-16(8-3)14(19)15-12(13(17)18)11(5)7-2/h10-12H,6-9H2,1-5H3,(H,15,19)(H,17,18). The summed E-state index contributed by atoms with van der Waals surface area (Å²) in [5.74, 6) is -0.636. The van der Waals surface area contributed by atoms with Gasteiger partial charge in [0.1, 0.15) is 6.04 Å². The number of carboxylic acids is 1. The number of nitrogens with zero attached hydrogens (tertiary/aromatic N) is 1. The molecule has 112 valence electrons. The van der Waals surface area contributed by atoms with Gasteiger partial charge in [0, 0.05) is 13.1 Å². The van der Waals surface area contributed by atoms with Crippen LogP contribution in [0.5, 0.6) is 0 Å². The van der Waals surface area contributed by atoms with Crippen LogP contribution >= 0.6 is 0 Å². The van der Waals surface area contributed by atoms with Gasteiger partial charge < -0.3 is 15.3 Å². The first kappa shape index (κ1) is 17.7. The predicted octanol–water partition coefficient (Wildman–Crippen LogP) is 2.56. The molecule has 0 rings (SSSR count). The van der Waals surface area contributed by atoms with E-state index in [1.54, 1.807) is 4.90 Å². The van der Waals surface area contributed by atoms with Gasteiger partial charge in [-0.2, -0.15) is 0 Å². The van der Waals surface area contributed by atoms with E-state index in [0.29, 0.717) is 25.4 Å². The Morgan fingerprint density at radius 3 is 2.11 bits per heavy atom. The number of carboxylic acid groups (broad SMARTS) is 1. The summed E-state index contributed by atoms with van der Waals surface area (Å²) in [4.78, 5) is 25.0. The van der Waals surface area contributed by atoms with Crippen molar-refractivity contribution >= 4 is 12.0 Å². The van der Waals surface area contributed by atoms with Crippen molar-refractivity contribution in [2.75, 3.05) is 13.1 Å². The number of nitrogens with one attached hydrogen (secondary N) is 1. The fourth-order valence-electron chi connectivity index (χ4n) is 1.77. The lowest BCUT2D eigenvalue weighted by atomic mass is 9.99. The Morgan fingerprint density at radius 1 is 1.16 bits per heavy atom. The van der Waals surface area contributed by atoms with Gasteiger partial charge in [-0.15, -0.1) is 0 Å². The Hall–Kier alpha value is -1.26. The van der Waals surface area contributed by atoms with Crippen molar-refractivity contribution in [1.82, 2.24) is 10.2 Å². The Kier molecular flexibility index (Phi) is 8.19. The summed E-state index contributed by atoms with van der Waals surface area (Å²) in [6.07, 6.45) is 1.71. The third kappa shape index (κ3) is 5.94. The molecule has 0 aromatic heterocycles. The molecule has 5 heteroatoms. The van der Waals surface area contributed by atoms with E-state index < -0.39 is 12.0 Å². The molecule has 2 N–H and O–H groups in total. The van der Waals surface area contributed by atoms with E-state index in [1.807, 2.05) is 20.8 Å². The highest BCUT2D eigenvalue weighted by Crippen LogP contribution is 2.10. The SMILES string of the molecule is CCC(C)CN(CC)C(=O)NC(C(=O)O)C(C)CC. The Morgan fingerprint density at radius 2 is 1.74 bits per heavy atom. The number of amides is 2. The molecule has 0 aliphatic rings. The number of aliphatic carboxylic acids is 1. The molecule has 0 aromatic rings. The van der Waals surface area contributed by atoms with Crippen molar-refractivity contribution in [3.8, 4) is 0 Å². The second-order valence-corrected chi connectivity index (χ2v) is 5.20. The van der Waals surface area contributed by atoms with Crippen LogP contribution in [0, 0.1) is 11.8 Å². The minimum atomic E-state index is -0.970. The molecule has 0 saturated carbocycles. The molecule has 2 amide bonds. The number of hydrogen-bond acceptors (Lipinski definition) is 2. The normalized spacial score (nSPS) is 15.4. The topological polar surface area (TPSA) is 69.6 Å². The number of carbonyl (C=O) groups is 2. The second-order valence-electron chi connectivity index (χ2n) is 5.20. The van der Waals surface area contributed by atoms with Gasteiger partial charge in [-0.25, -0.2) is 9.59 Å². The maximum Gasteiger partial charge on any atom is 0.326 e. The molecule has 5 nitrogen and oxygen atoms in total. The first-order valence-electron chi connectivity index (χ1n) is 7.15. The van der Waals surface area contributed by atoms with Gasteiger partial charge in [-0.05, 0) is 18.8 Å². The monoisotopic (exact) mass is 272 g/mol. The number of hydrogen-bond donors (Lipinski definition) is 2. The minimum Gasteiger partial charge on any atom is -0.480 e. The molecule has 0 aromatic carbocycles. The van der Waals surface area contributed by atoms with Gasteiger partial charge in [-0.1, -0.05) is 40.5 Å². The van der Waals surface area contributed by atoms with Gasteiger partial charge in [0.15, 0.2) is 0 Å². The quantitative estimate of drug-likeness (QED) is 0.713. The summed E-state index contributed by atoms with van der Waals surface area (Å²) in [6, 6.07) is -1.10. The molecule has 0 saturated heterocycles. The highest BCUT2D eigenvalue weighted by atomic mass is 16.4. The summed E-state index contributed by atoms with van der Waals surface area (Å²) in [7, 11) is 0. The van der Waals surface area contributed by atoms with E-state index in [0.717, 1.165) is 6.42 Å². The summed E-state index contributed by atoms with van der Waals surface area (Å²) in [5, 5.41) is 11.8. The number of urea groups is 1. The molecule has 0 aliphatic carbocycles. The van der Waals surface area contributed by atoms with Crippen molar-refractivity contribution < 1.29 is 14.7 Å². The van der Waals surface area contributed by atoms with E-state index in [2.05, 4.69) is 19.2 Å². The van der Waals surface area contributed by atoms with E-state index in [-0.39, 0.29) is 11.9 Å². The van der Waals surface area contributed by atoms with Crippen LogP contribution in [0.2, 0.25) is 0 Å². The molecular formula is C14H28N2O3. The van der Waals surface area contributed by atoms with Gasteiger partial charge in [0.25, 0.3) is 0 Å². The van der Waals surface area contributed by atoms with Crippen molar-refractivity contribution in [2.24, 2.45) is 11.8 Å². The van der Waals surface area contributed by atoms with Crippen LogP contribution in [-0.4, -0.2) is 41.1 Å². The first-order chi connectivity index (χ1) is 8.87. The van der Waals surface area contributed by atoms with Crippen molar-refractivity contribution in [2.45, 2.75) is 53.5 Å². The molecule has 0 spiro atoms. The first-order valence-corrected chi connectivity index (χ1v) is 7.15. The zero-order valence-corrected chi connectivity index (χ0v) is 12.8. The van der Waals surface area contributed by atoms with E-state index >= 15 is 0 Å². The molecule has 0 aliphatic heterocycles. The maximum atomic E-state index is 12.1. The highest BCUT2D eigenvalue weighted by molar-refractivity contribution is 5.82. The lowest BCUT2D eigenvalue weighted by molar-refractivity contribution is -0.140. The average molecular weight is 272 g/mol.